The van der Waals surface area contributed by atoms with E-state index in [0.717, 1.165) is 16.8 Å². The van der Waals surface area contributed by atoms with E-state index in [-0.39, 0.29) is 0 Å². The lowest BCUT2D eigenvalue weighted by Crippen LogP contribution is -1.90. The third kappa shape index (κ3) is 1.78. The average molecular weight is 223 g/mol. The maximum atomic E-state index is 4.26. The molecule has 1 N–H and O–H groups in total. The molecule has 0 aliphatic rings. The Hall–Kier alpha value is -2.56. The number of hydrogen-bond donors (Lipinski definition) is 1. The molecule has 0 spiro atoms. The van der Waals surface area contributed by atoms with E-state index in [2.05, 4.69) is 25.4 Å². The van der Waals surface area contributed by atoms with Gasteiger partial charge in [0.15, 0.2) is 0 Å². The molecule has 0 aliphatic carbocycles. The van der Waals surface area contributed by atoms with E-state index in [4.69, 9.17) is 0 Å². The van der Waals surface area contributed by atoms with Crippen molar-refractivity contribution in [1.29, 1.82) is 0 Å². The van der Waals surface area contributed by atoms with Crippen LogP contribution in [-0.2, 0) is 0 Å². The molecule has 0 amide bonds. The highest BCUT2D eigenvalue weighted by atomic mass is 15.3. The van der Waals surface area contributed by atoms with E-state index in [1.807, 2.05) is 30.3 Å². The van der Waals surface area contributed by atoms with Gasteiger partial charge in [0, 0.05) is 11.8 Å². The minimum absolute atomic E-state index is 0.714. The van der Waals surface area contributed by atoms with Gasteiger partial charge in [-0.1, -0.05) is 30.3 Å². The summed E-state index contributed by atoms with van der Waals surface area (Å²) in [7, 11) is 0. The molecule has 0 unspecified atom stereocenters. The zero-order chi connectivity index (χ0) is 11.5. The number of nitrogens with one attached hydrogen (secondary N) is 1. The number of hydrogen-bond acceptors (Lipinski definition) is 4. The number of aromatic nitrogens is 5. The number of aromatic amines is 1. The SMILES string of the molecule is c1ccc(-c2cncnc2-c2cn[nH]n2)cc1. The third-order valence-electron chi connectivity index (χ3n) is 2.45. The van der Waals surface area contributed by atoms with Crippen molar-refractivity contribution in [3.05, 3.63) is 49.1 Å². The molecule has 5 heteroatoms. The molecule has 0 fully saturated rings. The molecular weight excluding hydrogens is 214 g/mol. The Morgan fingerprint density at radius 1 is 1.00 bits per heavy atom. The lowest BCUT2D eigenvalue weighted by Gasteiger charge is -2.04. The Morgan fingerprint density at radius 3 is 2.65 bits per heavy atom. The van der Waals surface area contributed by atoms with E-state index < -0.39 is 0 Å². The molecule has 3 aromatic rings. The van der Waals surface area contributed by atoms with Crippen LogP contribution in [0.25, 0.3) is 22.5 Å². The van der Waals surface area contributed by atoms with Gasteiger partial charge in [0.05, 0.1) is 6.20 Å². The lowest BCUT2D eigenvalue weighted by molar-refractivity contribution is 0.940. The zero-order valence-electron chi connectivity index (χ0n) is 8.91. The number of rotatable bonds is 2. The largest absolute Gasteiger partial charge is 0.244 e. The molecule has 5 nitrogen and oxygen atoms in total. The Labute approximate surface area is 97.6 Å². The maximum Gasteiger partial charge on any atom is 0.131 e. The van der Waals surface area contributed by atoms with Crippen LogP contribution in [0, 0.1) is 0 Å². The van der Waals surface area contributed by atoms with Crippen LogP contribution >= 0.6 is 0 Å². The molecule has 3 rings (SSSR count). The molecule has 0 radical (unpaired) electrons. The summed E-state index contributed by atoms with van der Waals surface area (Å²) in [5.74, 6) is 0. The summed E-state index contributed by atoms with van der Waals surface area (Å²) in [6, 6.07) is 9.97. The standard InChI is InChI=1S/C12H9N5/c1-2-4-9(5-3-1)10-6-13-8-14-12(10)11-7-15-17-16-11/h1-8H,(H,15,16,17). The van der Waals surface area contributed by atoms with Crippen LogP contribution in [-0.4, -0.2) is 25.4 Å². The Balaban J connectivity index is 2.18. The number of benzene rings is 1. The highest BCUT2D eigenvalue weighted by molar-refractivity contribution is 5.77. The molecule has 0 saturated carbocycles. The Kier molecular flexibility index (Phi) is 2.34. The summed E-state index contributed by atoms with van der Waals surface area (Å²) in [5, 5.41) is 10.4. The maximum absolute atomic E-state index is 4.26. The van der Waals surface area contributed by atoms with Crippen molar-refractivity contribution in [3.8, 4) is 22.5 Å². The highest BCUT2D eigenvalue weighted by Crippen LogP contribution is 2.27. The van der Waals surface area contributed by atoms with Crippen LogP contribution in [0.1, 0.15) is 0 Å². The van der Waals surface area contributed by atoms with Crippen LogP contribution in [0.5, 0.6) is 0 Å². The first-order valence-electron chi connectivity index (χ1n) is 5.17. The van der Waals surface area contributed by atoms with Gasteiger partial charge in [-0.25, -0.2) is 9.97 Å². The second-order valence-electron chi connectivity index (χ2n) is 3.51. The van der Waals surface area contributed by atoms with Gasteiger partial charge in [0.1, 0.15) is 17.7 Å². The quantitative estimate of drug-likeness (QED) is 0.720. The molecular formula is C12H9N5. The fourth-order valence-electron chi connectivity index (χ4n) is 1.68. The summed E-state index contributed by atoms with van der Waals surface area (Å²) in [5.41, 5.74) is 3.50. The van der Waals surface area contributed by atoms with Crippen LogP contribution in [0.2, 0.25) is 0 Å². The Morgan fingerprint density at radius 2 is 1.88 bits per heavy atom. The molecule has 1 aromatic carbocycles. The zero-order valence-corrected chi connectivity index (χ0v) is 8.91. The molecule has 0 aliphatic heterocycles. The summed E-state index contributed by atoms with van der Waals surface area (Å²) in [6.45, 7) is 0. The van der Waals surface area contributed by atoms with Gasteiger partial charge in [-0.2, -0.15) is 15.4 Å². The fraction of sp³-hybridized carbons (Fsp3) is 0. The molecule has 0 bridgehead atoms. The number of H-pyrrole nitrogens is 1. The summed E-state index contributed by atoms with van der Waals surface area (Å²) in [4.78, 5) is 8.33. The van der Waals surface area contributed by atoms with Gasteiger partial charge in [-0.05, 0) is 5.56 Å². The summed E-state index contributed by atoms with van der Waals surface area (Å²) < 4.78 is 0. The van der Waals surface area contributed by atoms with E-state index >= 15 is 0 Å². The second kappa shape index (κ2) is 4.13. The highest BCUT2D eigenvalue weighted by Gasteiger charge is 2.10. The van der Waals surface area contributed by atoms with E-state index in [0.29, 0.717) is 5.69 Å². The smallest absolute Gasteiger partial charge is 0.131 e. The monoisotopic (exact) mass is 223 g/mol. The Bertz CT molecular complexity index is 604. The molecule has 0 atom stereocenters. The summed E-state index contributed by atoms with van der Waals surface area (Å²) >= 11 is 0. The van der Waals surface area contributed by atoms with Crippen molar-refractivity contribution in [2.45, 2.75) is 0 Å². The van der Waals surface area contributed by atoms with Crippen molar-refractivity contribution in [2.75, 3.05) is 0 Å². The van der Waals surface area contributed by atoms with Crippen LogP contribution in [0.15, 0.2) is 49.1 Å². The van der Waals surface area contributed by atoms with E-state index in [1.54, 1.807) is 12.4 Å². The first kappa shape index (κ1) is 9.65. The minimum atomic E-state index is 0.714. The molecule has 17 heavy (non-hydrogen) atoms. The van der Waals surface area contributed by atoms with Gasteiger partial charge in [-0.3, -0.25) is 0 Å². The van der Waals surface area contributed by atoms with Gasteiger partial charge < -0.3 is 0 Å². The molecule has 82 valence electrons. The predicted molar refractivity (Wildman–Crippen MR) is 62.8 cm³/mol. The third-order valence-corrected chi connectivity index (χ3v) is 2.45. The van der Waals surface area contributed by atoms with Crippen molar-refractivity contribution in [1.82, 2.24) is 25.4 Å². The number of nitrogens with zero attached hydrogens (tertiary/aromatic N) is 4. The normalized spacial score (nSPS) is 10.4. The van der Waals surface area contributed by atoms with Crippen molar-refractivity contribution >= 4 is 0 Å². The van der Waals surface area contributed by atoms with Crippen molar-refractivity contribution in [3.63, 3.8) is 0 Å². The molecule has 2 heterocycles. The van der Waals surface area contributed by atoms with Gasteiger partial charge in [0.25, 0.3) is 0 Å². The fourth-order valence-corrected chi connectivity index (χ4v) is 1.68. The van der Waals surface area contributed by atoms with Gasteiger partial charge in [0.2, 0.25) is 0 Å². The van der Waals surface area contributed by atoms with Gasteiger partial charge >= 0.3 is 0 Å². The molecule has 2 aromatic heterocycles. The second-order valence-corrected chi connectivity index (χ2v) is 3.51. The first-order valence-corrected chi connectivity index (χ1v) is 5.17. The van der Waals surface area contributed by atoms with Crippen LogP contribution < -0.4 is 0 Å². The first-order chi connectivity index (χ1) is 8.45. The van der Waals surface area contributed by atoms with Crippen LogP contribution in [0.4, 0.5) is 0 Å². The lowest BCUT2D eigenvalue weighted by atomic mass is 10.0. The van der Waals surface area contributed by atoms with Crippen molar-refractivity contribution in [2.24, 2.45) is 0 Å². The topological polar surface area (TPSA) is 67.3 Å². The average Bonchev–Trinajstić information content (AvgIpc) is 2.94. The minimum Gasteiger partial charge on any atom is -0.244 e. The summed E-state index contributed by atoms with van der Waals surface area (Å²) in [6.07, 6.45) is 4.94. The van der Waals surface area contributed by atoms with Crippen LogP contribution in [0.3, 0.4) is 0 Å². The van der Waals surface area contributed by atoms with Gasteiger partial charge in [-0.15, -0.1) is 0 Å². The van der Waals surface area contributed by atoms with Crippen molar-refractivity contribution < 1.29 is 0 Å². The van der Waals surface area contributed by atoms with E-state index in [1.165, 1.54) is 6.33 Å². The van der Waals surface area contributed by atoms with E-state index in [9.17, 15) is 0 Å². The molecule has 0 saturated heterocycles. The predicted octanol–water partition coefficient (Wildman–Crippen LogP) is 1.93.